The number of fused-ring (bicyclic) bond motifs is 1. The number of benzene rings is 1. The van der Waals surface area contributed by atoms with Crippen LogP contribution >= 0.6 is 0 Å². The van der Waals surface area contributed by atoms with Crippen molar-refractivity contribution >= 4 is 0 Å². The number of ether oxygens (including phenoxy) is 3. The second-order valence-electron chi connectivity index (χ2n) is 3.42. The minimum Gasteiger partial charge on any atom is -0.484 e. The van der Waals surface area contributed by atoms with Crippen LogP contribution in [0.2, 0.25) is 0 Å². The molecule has 0 aromatic heterocycles. The Morgan fingerprint density at radius 1 is 1.24 bits per heavy atom. The lowest BCUT2D eigenvalue weighted by atomic mass is 10.2. The molecule has 1 heterocycles. The van der Waals surface area contributed by atoms with E-state index in [1.165, 1.54) is 12.1 Å². The average Bonchev–Trinajstić information content (AvgIpc) is 2.70. The highest BCUT2D eigenvalue weighted by molar-refractivity contribution is 5.51. The van der Waals surface area contributed by atoms with Gasteiger partial charge in [0, 0.05) is 18.2 Å². The summed E-state index contributed by atoms with van der Waals surface area (Å²) in [7, 11) is 0. The minimum atomic E-state index is -4.39. The number of halogens is 3. The number of hydrogen-bond donors (Lipinski definition) is 1. The molecule has 0 saturated heterocycles. The molecule has 0 spiro atoms. The van der Waals surface area contributed by atoms with Gasteiger partial charge in [-0.25, -0.2) is 0 Å². The molecule has 2 rings (SSSR count). The highest BCUT2D eigenvalue weighted by atomic mass is 19.4. The highest BCUT2D eigenvalue weighted by Crippen LogP contribution is 2.38. The summed E-state index contributed by atoms with van der Waals surface area (Å²) >= 11 is 0. The zero-order valence-electron chi connectivity index (χ0n) is 8.71. The number of rotatable bonds is 3. The fourth-order valence-electron chi connectivity index (χ4n) is 1.42. The first-order valence-electron chi connectivity index (χ1n) is 4.82. The predicted molar refractivity (Wildman–Crippen MR) is 52.0 cm³/mol. The molecule has 1 aliphatic heterocycles. The van der Waals surface area contributed by atoms with Gasteiger partial charge < -0.3 is 19.9 Å². The van der Waals surface area contributed by atoms with Gasteiger partial charge in [-0.3, -0.25) is 0 Å². The van der Waals surface area contributed by atoms with Crippen LogP contribution in [0, 0.1) is 0 Å². The van der Waals surface area contributed by atoms with E-state index in [9.17, 15) is 13.2 Å². The summed E-state index contributed by atoms with van der Waals surface area (Å²) in [6.07, 6.45) is -4.39. The van der Waals surface area contributed by atoms with E-state index in [0.29, 0.717) is 17.1 Å². The summed E-state index contributed by atoms with van der Waals surface area (Å²) in [6, 6.07) is 2.88. The van der Waals surface area contributed by atoms with E-state index in [2.05, 4.69) is 4.74 Å². The van der Waals surface area contributed by atoms with Crippen molar-refractivity contribution in [3.8, 4) is 17.2 Å². The Morgan fingerprint density at radius 3 is 2.47 bits per heavy atom. The second kappa shape index (κ2) is 4.33. The first kappa shape index (κ1) is 11.8. The summed E-state index contributed by atoms with van der Waals surface area (Å²) in [4.78, 5) is 0. The Kier molecular flexibility index (Phi) is 3.01. The fourth-order valence-corrected chi connectivity index (χ4v) is 1.42. The van der Waals surface area contributed by atoms with Crippen LogP contribution in [0.25, 0.3) is 0 Å². The Morgan fingerprint density at radius 2 is 1.88 bits per heavy atom. The zero-order chi connectivity index (χ0) is 12.5. The molecule has 0 radical (unpaired) electrons. The average molecular weight is 249 g/mol. The summed E-state index contributed by atoms with van der Waals surface area (Å²) < 4.78 is 50.9. The van der Waals surface area contributed by atoms with Gasteiger partial charge in [-0.1, -0.05) is 0 Å². The molecule has 2 N–H and O–H groups in total. The lowest BCUT2D eigenvalue weighted by molar-refractivity contribution is -0.153. The van der Waals surface area contributed by atoms with E-state index in [-0.39, 0.29) is 19.1 Å². The molecule has 0 bridgehead atoms. The molecule has 1 aliphatic rings. The van der Waals surface area contributed by atoms with Crippen LogP contribution in [0.1, 0.15) is 5.56 Å². The van der Waals surface area contributed by atoms with Crippen LogP contribution < -0.4 is 19.9 Å². The smallest absolute Gasteiger partial charge is 0.422 e. The molecule has 0 amide bonds. The van der Waals surface area contributed by atoms with Crippen molar-refractivity contribution in [1.82, 2.24) is 0 Å². The molecule has 0 unspecified atom stereocenters. The van der Waals surface area contributed by atoms with E-state index >= 15 is 0 Å². The SMILES string of the molecule is NCc1cc2c(cc1OCC(F)(F)F)OCO2. The monoisotopic (exact) mass is 249 g/mol. The number of nitrogens with two attached hydrogens (primary N) is 1. The van der Waals surface area contributed by atoms with Gasteiger partial charge >= 0.3 is 6.18 Å². The molecule has 7 heteroatoms. The Labute approximate surface area is 95.1 Å². The molecule has 0 aliphatic carbocycles. The van der Waals surface area contributed by atoms with E-state index in [0.717, 1.165) is 0 Å². The van der Waals surface area contributed by atoms with Crippen molar-refractivity contribution < 1.29 is 27.4 Å². The number of alkyl halides is 3. The zero-order valence-corrected chi connectivity index (χ0v) is 8.71. The van der Waals surface area contributed by atoms with Gasteiger partial charge in [0.2, 0.25) is 6.79 Å². The van der Waals surface area contributed by atoms with Crippen LogP contribution in [-0.2, 0) is 6.54 Å². The van der Waals surface area contributed by atoms with E-state index in [4.69, 9.17) is 15.2 Å². The van der Waals surface area contributed by atoms with Crippen LogP contribution in [0.5, 0.6) is 17.2 Å². The second-order valence-corrected chi connectivity index (χ2v) is 3.42. The maximum Gasteiger partial charge on any atom is 0.422 e. The molecule has 4 nitrogen and oxygen atoms in total. The standard InChI is InChI=1S/C10H10F3NO3/c11-10(12,13)4-15-7-2-9-8(16-5-17-9)1-6(7)3-14/h1-2H,3-5,14H2. The van der Waals surface area contributed by atoms with Crippen molar-refractivity contribution in [2.75, 3.05) is 13.4 Å². The van der Waals surface area contributed by atoms with Crippen LogP contribution in [0.3, 0.4) is 0 Å². The molecule has 0 atom stereocenters. The molecule has 0 fully saturated rings. The van der Waals surface area contributed by atoms with Gasteiger partial charge in [0.05, 0.1) is 0 Å². The molecular weight excluding hydrogens is 239 g/mol. The maximum absolute atomic E-state index is 12.0. The quantitative estimate of drug-likeness (QED) is 0.887. The first-order valence-corrected chi connectivity index (χ1v) is 4.82. The van der Waals surface area contributed by atoms with E-state index < -0.39 is 12.8 Å². The summed E-state index contributed by atoms with van der Waals surface area (Å²) in [5, 5.41) is 0. The largest absolute Gasteiger partial charge is 0.484 e. The molecular formula is C10H10F3NO3. The van der Waals surface area contributed by atoms with Crippen molar-refractivity contribution in [1.29, 1.82) is 0 Å². The maximum atomic E-state index is 12.0. The van der Waals surface area contributed by atoms with Gasteiger partial charge in [-0.05, 0) is 6.07 Å². The van der Waals surface area contributed by atoms with Crippen molar-refractivity contribution in [2.45, 2.75) is 12.7 Å². The van der Waals surface area contributed by atoms with Crippen LogP contribution in [0.15, 0.2) is 12.1 Å². The first-order chi connectivity index (χ1) is 7.99. The Balaban J connectivity index is 2.21. The lowest BCUT2D eigenvalue weighted by Gasteiger charge is -2.13. The molecule has 17 heavy (non-hydrogen) atoms. The third kappa shape index (κ3) is 2.73. The van der Waals surface area contributed by atoms with Gasteiger partial charge in [-0.15, -0.1) is 0 Å². The fraction of sp³-hybridized carbons (Fsp3) is 0.400. The van der Waals surface area contributed by atoms with E-state index in [1.54, 1.807) is 0 Å². The molecule has 1 aromatic carbocycles. The summed E-state index contributed by atoms with van der Waals surface area (Å²) in [5.41, 5.74) is 5.87. The Bertz CT molecular complexity index is 420. The van der Waals surface area contributed by atoms with Gasteiger partial charge in [0.15, 0.2) is 18.1 Å². The van der Waals surface area contributed by atoms with Crippen molar-refractivity contribution in [3.05, 3.63) is 17.7 Å². The molecule has 94 valence electrons. The minimum absolute atomic E-state index is 0.0437. The normalized spacial score (nSPS) is 13.9. The van der Waals surface area contributed by atoms with Gasteiger partial charge in [0.25, 0.3) is 0 Å². The van der Waals surface area contributed by atoms with Gasteiger partial charge in [0.1, 0.15) is 5.75 Å². The van der Waals surface area contributed by atoms with Crippen molar-refractivity contribution in [3.63, 3.8) is 0 Å². The lowest BCUT2D eigenvalue weighted by Crippen LogP contribution is -2.20. The third-order valence-corrected chi connectivity index (χ3v) is 2.17. The predicted octanol–water partition coefficient (Wildman–Crippen LogP) is 1.82. The van der Waals surface area contributed by atoms with Crippen LogP contribution in [0.4, 0.5) is 13.2 Å². The topological polar surface area (TPSA) is 53.7 Å². The molecule has 0 saturated carbocycles. The van der Waals surface area contributed by atoms with Gasteiger partial charge in [-0.2, -0.15) is 13.2 Å². The summed E-state index contributed by atoms with van der Waals surface area (Å²) in [5.74, 6) is 0.887. The Hall–Kier alpha value is -1.63. The molecule has 1 aromatic rings. The highest BCUT2D eigenvalue weighted by Gasteiger charge is 2.29. The summed E-state index contributed by atoms with van der Waals surface area (Å²) in [6.45, 7) is -1.26. The van der Waals surface area contributed by atoms with Crippen LogP contribution in [-0.4, -0.2) is 19.6 Å². The number of hydrogen-bond acceptors (Lipinski definition) is 4. The van der Waals surface area contributed by atoms with E-state index in [1.807, 2.05) is 0 Å². The van der Waals surface area contributed by atoms with Crippen molar-refractivity contribution in [2.24, 2.45) is 5.73 Å². The third-order valence-electron chi connectivity index (χ3n) is 2.17.